The van der Waals surface area contributed by atoms with E-state index in [1.807, 2.05) is 6.92 Å². The standard InChI is InChI=1S/C16H18F3N3O/c1-9(15-22-21-10(2)23-15)20-14(11-6-7-11)12-4-3-5-13(8-12)16(17,18)19/h3-5,8-9,11,14,20H,6-7H2,1-2H3/t9-,14-/m0/s1. The summed E-state index contributed by atoms with van der Waals surface area (Å²) in [5.41, 5.74) is 0.0224. The molecule has 1 aliphatic rings. The van der Waals surface area contributed by atoms with Crippen molar-refractivity contribution in [3.05, 3.63) is 47.2 Å². The smallest absolute Gasteiger partial charge is 0.416 e. The number of aromatic nitrogens is 2. The Morgan fingerprint density at radius 2 is 2.00 bits per heavy atom. The van der Waals surface area contributed by atoms with Gasteiger partial charge in [-0.25, -0.2) is 0 Å². The van der Waals surface area contributed by atoms with Crippen LogP contribution in [0.1, 0.15) is 54.8 Å². The maximum atomic E-state index is 12.9. The van der Waals surface area contributed by atoms with Gasteiger partial charge in [0.05, 0.1) is 11.6 Å². The number of alkyl halides is 3. The van der Waals surface area contributed by atoms with Gasteiger partial charge in [0, 0.05) is 13.0 Å². The Kier molecular flexibility index (Phi) is 4.14. The molecule has 23 heavy (non-hydrogen) atoms. The second-order valence-electron chi connectivity index (χ2n) is 5.99. The zero-order chi connectivity index (χ0) is 16.6. The average Bonchev–Trinajstić information content (AvgIpc) is 3.24. The summed E-state index contributed by atoms with van der Waals surface area (Å²) in [6.07, 6.45) is -2.33. The van der Waals surface area contributed by atoms with Crippen molar-refractivity contribution in [3.8, 4) is 0 Å². The molecule has 124 valence electrons. The average molecular weight is 325 g/mol. The summed E-state index contributed by atoms with van der Waals surface area (Å²) >= 11 is 0. The highest BCUT2D eigenvalue weighted by Gasteiger charge is 2.36. The largest absolute Gasteiger partial charge is 0.424 e. The van der Waals surface area contributed by atoms with Gasteiger partial charge in [-0.2, -0.15) is 13.2 Å². The van der Waals surface area contributed by atoms with E-state index in [2.05, 4.69) is 15.5 Å². The summed E-state index contributed by atoms with van der Waals surface area (Å²) in [4.78, 5) is 0. The zero-order valence-corrected chi connectivity index (χ0v) is 12.9. The SMILES string of the molecule is Cc1nnc([C@H](C)N[C@H](c2cccc(C(F)(F)F)c2)C2CC2)o1. The van der Waals surface area contributed by atoms with Crippen molar-refractivity contribution in [1.82, 2.24) is 15.5 Å². The number of benzene rings is 1. The van der Waals surface area contributed by atoms with Gasteiger partial charge >= 0.3 is 6.18 Å². The van der Waals surface area contributed by atoms with Crippen molar-refractivity contribution in [1.29, 1.82) is 0 Å². The van der Waals surface area contributed by atoms with Crippen LogP contribution in [0.4, 0.5) is 13.2 Å². The molecule has 3 rings (SSSR count). The minimum Gasteiger partial charge on any atom is -0.424 e. The topological polar surface area (TPSA) is 51.0 Å². The predicted octanol–water partition coefficient (Wildman–Crippen LogP) is 4.20. The summed E-state index contributed by atoms with van der Waals surface area (Å²) in [6, 6.07) is 5.13. The molecular weight excluding hydrogens is 307 g/mol. The van der Waals surface area contributed by atoms with Crippen molar-refractivity contribution in [2.24, 2.45) is 5.92 Å². The maximum Gasteiger partial charge on any atom is 0.416 e. The van der Waals surface area contributed by atoms with E-state index >= 15 is 0 Å². The molecule has 1 saturated carbocycles. The first-order valence-corrected chi connectivity index (χ1v) is 7.58. The molecule has 0 saturated heterocycles. The van der Waals surface area contributed by atoms with E-state index in [9.17, 15) is 13.2 Å². The van der Waals surface area contributed by atoms with Gasteiger partial charge in [-0.05, 0) is 43.4 Å². The number of rotatable bonds is 5. The molecule has 1 aliphatic carbocycles. The van der Waals surface area contributed by atoms with E-state index in [0.29, 0.717) is 23.3 Å². The number of hydrogen-bond donors (Lipinski definition) is 1. The molecule has 2 aromatic rings. The minimum atomic E-state index is -4.33. The molecule has 1 N–H and O–H groups in total. The highest BCUT2D eigenvalue weighted by atomic mass is 19.4. The van der Waals surface area contributed by atoms with Crippen LogP contribution in [0, 0.1) is 12.8 Å². The van der Waals surface area contributed by atoms with Crippen LogP contribution in [0.5, 0.6) is 0 Å². The van der Waals surface area contributed by atoms with Crippen LogP contribution < -0.4 is 5.32 Å². The van der Waals surface area contributed by atoms with E-state index in [4.69, 9.17) is 4.42 Å². The molecule has 0 radical (unpaired) electrons. The number of hydrogen-bond acceptors (Lipinski definition) is 4. The number of aryl methyl sites for hydroxylation is 1. The molecule has 0 spiro atoms. The van der Waals surface area contributed by atoms with Crippen LogP contribution in [0.2, 0.25) is 0 Å². The first-order valence-electron chi connectivity index (χ1n) is 7.58. The second kappa shape index (κ2) is 5.96. The lowest BCUT2D eigenvalue weighted by atomic mass is 9.99. The van der Waals surface area contributed by atoms with E-state index < -0.39 is 11.7 Å². The molecule has 2 atom stereocenters. The number of nitrogens with zero attached hydrogens (tertiary/aromatic N) is 2. The van der Waals surface area contributed by atoms with Gasteiger partial charge < -0.3 is 4.42 Å². The van der Waals surface area contributed by atoms with Crippen LogP contribution in [-0.2, 0) is 6.18 Å². The molecule has 1 heterocycles. The summed E-state index contributed by atoms with van der Waals surface area (Å²) in [5, 5.41) is 11.1. The highest BCUT2D eigenvalue weighted by Crippen LogP contribution is 2.43. The Morgan fingerprint density at radius 1 is 1.26 bits per heavy atom. The summed E-state index contributed by atoms with van der Waals surface area (Å²) in [6.45, 7) is 3.57. The Labute approximate surface area is 132 Å². The van der Waals surface area contributed by atoms with Crippen LogP contribution in [0.25, 0.3) is 0 Å². The van der Waals surface area contributed by atoms with Gasteiger partial charge in [-0.15, -0.1) is 10.2 Å². The van der Waals surface area contributed by atoms with Gasteiger partial charge in [0.15, 0.2) is 0 Å². The van der Waals surface area contributed by atoms with Gasteiger partial charge in [-0.1, -0.05) is 12.1 Å². The van der Waals surface area contributed by atoms with Gasteiger partial charge in [0.1, 0.15) is 0 Å². The van der Waals surface area contributed by atoms with Gasteiger partial charge in [-0.3, -0.25) is 5.32 Å². The first-order chi connectivity index (χ1) is 10.8. The van der Waals surface area contributed by atoms with Crippen molar-refractivity contribution >= 4 is 0 Å². The number of nitrogens with one attached hydrogen (secondary N) is 1. The second-order valence-corrected chi connectivity index (χ2v) is 5.99. The maximum absolute atomic E-state index is 12.9. The van der Waals surface area contributed by atoms with Crippen molar-refractivity contribution in [2.75, 3.05) is 0 Å². The molecule has 1 aromatic carbocycles. The molecular formula is C16H18F3N3O. The molecule has 0 aliphatic heterocycles. The Bertz CT molecular complexity index is 679. The lowest BCUT2D eigenvalue weighted by molar-refractivity contribution is -0.137. The van der Waals surface area contributed by atoms with Crippen molar-refractivity contribution < 1.29 is 17.6 Å². The molecule has 0 unspecified atom stereocenters. The van der Waals surface area contributed by atoms with E-state index in [1.54, 1.807) is 13.0 Å². The first kappa shape index (κ1) is 16.0. The third-order valence-corrected chi connectivity index (χ3v) is 4.01. The van der Waals surface area contributed by atoms with Crippen LogP contribution in [0.3, 0.4) is 0 Å². The van der Waals surface area contributed by atoms with Crippen molar-refractivity contribution in [3.63, 3.8) is 0 Å². The monoisotopic (exact) mass is 325 g/mol. The van der Waals surface area contributed by atoms with Gasteiger partial charge in [0.25, 0.3) is 0 Å². The molecule has 0 amide bonds. The van der Waals surface area contributed by atoms with Gasteiger partial charge in [0.2, 0.25) is 11.8 Å². The lowest BCUT2D eigenvalue weighted by Gasteiger charge is -2.22. The highest BCUT2D eigenvalue weighted by molar-refractivity contribution is 5.29. The fourth-order valence-corrected chi connectivity index (χ4v) is 2.67. The molecule has 4 nitrogen and oxygen atoms in total. The Hall–Kier alpha value is -1.89. The van der Waals surface area contributed by atoms with Crippen molar-refractivity contribution in [2.45, 2.75) is 44.9 Å². The quantitative estimate of drug-likeness (QED) is 0.895. The summed E-state index contributed by atoms with van der Waals surface area (Å²) < 4.78 is 44.2. The summed E-state index contributed by atoms with van der Waals surface area (Å²) in [5.74, 6) is 1.25. The van der Waals surface area contributed by atoms with E-state index in [-0.39, 0.29) is 12.1 Å². The van der Waals surface area contributed by atoms with Crippen LogP contribution in [-0.4, -0.2) is 10.2 Å². The Balaban J connectivity index is 1.82. The zero-order valence-electron chi connectivity index (χ0n) is 12.9. The van der Waals surface area contributed by atoms with E-state index in [1.165, 1.54) is 12.1 Å². The molecule has 7 heteroatoms. The molecule has 0 bridgehead atoms. The fourth-order valence-electron chi connectivity index (χ4n) is 2.67. The fraction of sp³-hybridized carbons (Fsp3) is 0.500. The van der Waals surface area contributed by atoms with Crippen LogP contribution >= 0.6 is 0 Å². The minimum absolute atomic E-state index is 0.153. The predicted molar refractivity (Wildman–Crippen MR) is 77.5 cm³/mol. The molecule has 1 aromatic heterocycles. The van der Waals surface area contributed by atoms with E-state index in [0.717, 1.165) is 18.9 Å². The third-order valence-electron chi connectivity index (χ3n) is 4.01. The van der Waals surface area contributed by atoms with Crippen LogP contribution in [0.15, 0.2) is 28.7 Å². The lowest BCUT2D eigenvalue weighted by Crippen LogP contribution is -2.26. The summed E-state index contributed by atoms with van der Waals surface area (Å²) in [7, 11) is 0. The Morgan fingerprint density at radius 3 is 2.57 bits per heavy atom. The normalized spacial score (nSPS) is 18.0. The molecule has 1 fully saturated rings. The number of halogens is 3. The third kappa shape index (κ3) is 3.72.